The molecule has 0 aliphatic rings. The minimum absolute atomic E-state index is 0.156. The molecule has 3 rings (SSSR count). The summed E-state index contributed by atoms with van der Waals surface area (Å²) in [5.41, 5.74) is 6.88. The van der Waals surface area contributed by atoms with Gasteiger partial charge < -0.3 is 9.47 Å². The number of aromatic nitrogens is 2. The van der Waals surface area contributed by atoms with Crippen LogP contribution in [0.5, 0.6) is 0 Å². The predicted molar refractivity (Wildman–Crippen MR) is 124 cm³/mol. The van der Waals surface area contributed by atoms with Gasteiger partial charge in [-0.3, -0.25) is 4.79 Å². The first-order valence-electron chi connectivity index (χ1n) is 11.4. The van der Waals surface area contributed by atoms with E-state index in [1.54, 1.807) is 0 Å². The number of carbonyl (C=O) groups is 1. The summed E-state index contributed by atoms with van der Waals surface area (Å²) in [7, 11) is 0. The van der Waals surface area contributed by atoms with Crippen LogP contribution in [0.1, 0.15) is 62.5 Å². The largest absolute Gasteiger partial charge is 0.466 e. The summed E-state index contributed by atoms with van der Waals surface area (Å²) in [5, 5.41) is 14.4. The molecule has 0 saturated heterocycles. The summed E-state index contributed by atoms with van der Waals surface area (Å²) in [5.74, 6) is -0.156. The number of unbranched alkanes of at least 4 members (excludes halogenated alkanes) is 1. The maximum atomic E-state index is 11.7. The first-order chi connectivity index (χ1) is 15.6. The van der Waals surface area contributed by atoms with Gasteiger partial charge in [0.1, 0.15) is 0 Å². The highest BCUT2D eigenvalue weighted by Crippen LogP contribution is 2.33. The Labute approximate surface area is 189 Å². The molecule has 0 atom stereocenters. The van der Waals surface area contributed by atoms with Gasteiger partial charge in [-0.15, -0.1) is 0 Å². The summed E-state index contributed by atoms with van der Waals surface area (Å²) in [6.45, 7) is 7.35. The Morgan fingerprint density at radius 3 is 2.69 bits per heavy atom. The number of nitrogens with zero attached hydrogens (tertiary/aromatic N) is 3. The van der Waals surface area contributed by atoms with E-state index in [9.17, 15) is 10.1 Å². The van der Waals surface area contributed by atoms with Gasteiger partial charge in [0.2, 0.25) is 0 Å². The van der Waals surface area contributed by atoms with Crippen LogP contribution in [-0.4, -0.2) is 28.8 Å². The molecular formula is C26H31N3O3. The maximum Gasteiger partial charge on any atom is 0.305 e. The van der Waals surface area contributed by atoms with Crippen LogP contribution in [0.4, 0.5) is 0 Å². The van der Waals surface area contributed by atoms with Crippen LogP contribution in [0.3, 0.4) is 0 Å². The second-order valence-electron chi connectivity index (χ2n) is 7.62. The third-order valence-corrected chi connectivity index (χ3v) is 5.51. The molecule has 0 N–H and O–H groups in total. The summed E-state index contributed by atoms with van der Waals surface area (Å²) < 4.78 is 12.8. The van der Waals surface area contributed by atoms with Crippen LogP contribution < -0.4 is 0 Å². The molecule has 1 aromatic carbocycles. The Morgan fingerprint density at radius 1 is 1.12 bits per heavy atom. The summed E-state index contributed by atoms with van der Waals surface area (Å²) in [6, 6.07) is 14.2. The van der Waals surface area contributed by atoms with E-state index in [1.165, 1.54) is 0 Å². The topological polar surface area (TPSA) is 76.6 Å². The normalized spacial score (nSPS) is 10.9. The molecule has 32 heavy (non-hydrogen) atoms. The minimum Gasteiger partial charge on any atom is -0.466 e. The second kappa shape index (κ2) is 11.4. The quantitative estimate of drug-likeness (QED) is 0.305. The summed E-state index contributed by atoms with van der Waals surface area (Å²) in [6.07, 6.45) is 3.63. The molecule has 0 aliphatic carbocycles. The highest BCUT2D eigenvalue weighted by atomic mass is 16.5. The van der Waals surface area contributed by atoms with E-state index in [2.05, 4.69) is 25.1 Å². The van der Waals surface area contributed by atoms with Crippen LogP contribution in [0, 0.1) is 11.3 Å². The zero-order chi connectivity index (χ0) is 22.9. The molecule has 0 saturated carbocycles. The smallest absolute Gasteiger partial charge is 0.305 e. The van der Waals surface area contributed by atoms with Gasteiger partial charge in [-0.2, -0.15) is 10.4 Å². The molecule has 0 fully saturated rings. The highest BCUT2D eigenvalue weighted by molar-refractivity contribution is 5.84. The van der Waals surface area contributed by atoms with Gasteiger partial charge in [0, 0.05) is 24.3 Å². The zero-order valence-corrected chi connectivity index (χ0v) is 19.2. The van der Waals surface area contributed by atoms with Crippen molar-refractivity contribution in [2.75, 3.05) is 13.2 Å². The van der Waals surface area contributed by atoms with E-state index >= 15 is 0 Å². The van der Waals surface area contributed by atoms with Gasteiger partial charge in [0.05, 0.1) is 36.1 Å². The lowest BCUT2D eigenvalue weighted by Crippen LogP contribution is -2.10. The SMILES string of the molecule is CCOCc1nn2c(CC)ccc2c(-c2cccc(C#N)c2)c1CCCCC(=O)OCC. The zero-order valence-electron chi connectivity index (χ0n) is 19.2. The molecule has 2 heterocycles. The van der Waals surface area contributed by atoms with Gasteiger partial charge in [-0.05, 0) is 74.9 Å². The van der Waals surface area contributed by atoms with Crippen molar-refractivity contribution in [3.63, 3.8) is 0 Å². The van der Waals surface area contributed by atoms with Gasteiger partial charge in [0.15, 0.2) is 0 Å². The van der Waals surface area contributed by atoms with Crippen molar-refractivity contribution in [3.8, 4) is 17.2 Å². The highest BCUT2D eigenvalue weighted by Gasteiger charge is 2.19. The van der Waals surface area contributed by atoms with E-state index in [1.807, 2.05) is 42.6 Å². The number of hydrogen-bond donors (Lipinski definition) is 0. The first kappa shape index (κ1) is 23.5. The van der Waals surface area contributed by atoms with Crippen LogP contribution in [0.25, 0.3) is 16.6 Å². The minimum atomic E-state index is -0.156. The lowest BCUT2D eigenvalue weighted by molar-refractivity contribution is -0.143. The van der Waals surface area contributed by atoms with E-state index in [0.29, 0.717) is 31.8 Å². The van der Waals surface area contributed by atoms with Crippen molar-refractivity contribution in [1.29, 1.82) is 5.26 Å². The number of ether oxygens (including phenoxy) is 2. The second-order valence-corrected chi connectivity index (χ2v) is 7.62. The molecule has 0 amide bonds. The third kappa shape index (κ3) is 5.35. The number of rotatable bonds is 11. The summed E-state index contributed by atoms with van der Waals surface area (Å²) in [4.78, 5) is 11.7. The van der Waals surface area contributed by atoms with Crippen LogP contribution in [0.15, 0.2) is 36.4 Å². The molecule has 0 radical (unpaired) electrons. The van der Waals surface area contributed by atoms with Crippen molar-refractivity contribution in [1.82, 2.24) is 9.61 Å². The number of nitriles is 1. The summed E-state index contributed by atoms with van der Waals surface area (Å²) >= 11 is 0. The molecule has 0 unspecified atom stereocenters. The lowest BCUT2D eigenvalue weighted by atomic mass is 9.93. The number of hydrogen-bond acceptors (Lipinski definition) is 5. The fourth-order valence-electron chi connectivity index (χ4n) is 3.98. The number of esters is 1. The van der Waals surface area contributed by atoms with E-state index in [-0.39, 0.29) is 5.97 Å². The molecule has 3 aromatic rings. The Kier molecular flexibility index (Phi) is 8.41. The Bertz CT molecular complexity index is 1110. The molecule has 0 spiro atoms. The Hall–Kier alpha value is -3.17. The molecule has 0 aliphatic heterocycles. The fraction of sp³-hybridized carbons (Fsp3) is 0.423. The average Bonchev–Trinajstić information content (AvgIpc) is 3.22. The van der Waals surface area contributed by atoms with E-state index in [0.717, 1.165) is 59.3 Å². The Morgan fingerprint density at radius 2 is 1.97 bits per heavy atom. The molecular weight excluding hydrogens is 402 g/mol. The van der Waals surface area contributed by atoms with Crippen molar-refractivity contribution >= 4 is 11.5 Å². The fourth-order valence-corrected chi connectivity index (χ4v) is 3.98. The Balaban J connectivity index is 2.08. The predicted octanol–water partition coefficient (Wildman–Crippen LogP) is 5.25. The van der Waals surface area contributed by atoms with Gasteiger partial charge in [0.25, 0.3) is 0 Å². The van der Waals surface area contributed by atoms with Gasteiger partial charge >= 0.3 is 5.97 Å². The standard InChI is InChI=1S/C26H31N3O3/c1-4-21-14-15-24-26(20-11-9-10-19(16-20)17-27)22(12-7-8-13-25(30)32-6-3)23(18-31-5-2)28-29(21)24/h9-11,14-16H,4-8,12-13,18H2,1-3H3. The van der Waals surface area contributed by atoms with Crippen LogP contribution in [-0.2, 0) is 33.7 Å². The third-order valence-electron chi connectivity index (χ3n) is 5.51. The van der Waals surface area contributed by atoms with Crippen LogP contribution in [0.2, 0.25) is 0 Å². The van der Waals surface area contributed by atoms with E-state index < -0.39 is 0 Å². The van der Waals surface area contributed by atoms with Crippen molar-refractivity contribution in [2.45, 2.75) is 59.5 Å². The van der Waals surface area contributed by atoms with Crippen molar-refractivity contribution < 1.29 is 14.3 Å². The molecule has 2 aromatic heterocycles. The number of fused-ring (bicyclic) bond motifs is 1. The van der Waals surface area contributed by atoms with E-state index in [4.69, 9.17) is 14.6 Å². The lowest BCUT2D eigenvalue weighted by Gasteiger charge is -2.18. The molecule has 168 valence electrons. The number of aryl methyl sites for hydroxylation is 1. The van der Waals surface area contributed by atoms with Crippen molar-refractivity contribution in [2.24, 2.45) is 0 Å². The van der Waals surface area contributed by atoms with Crippen molar-refractivity contribution in [3.05, 3.63) is 58.9 Å². The monoisotopic (exact) mass is 433 g/mol. The van der Waals surface area contributed by atoms with Gasteiger partial charge in [-0.1, -0.05) is 19.1 Å². The molecule has 6 nitrogen and oxygen atoms in total. The van der Waals surface area contributed by atoms with Gasteiger partial charge in [-0.25, -0.2) is 4.52 Å². The maximum absolute atomic E-state index is 11.7. The first-order valence-corrected chi connectivity index (χ1v) is 11.4. The average molecular weight is 434 g/mol. The molecule has 0 bridgehead atoms. The number of carbonyl (C=O) groups excluding carboxylic acids is 1. The molecule has 6 heteroatoms. The number of benzene rings is 1. The van der Waals surface area contributed by atoms with Crippen LogP contribution >= 0.6 is 0 Å².